The average molecular weight is 149 g/mol. The minimum atomic E-state index is -0.00741. The van der Waals surface area contributed by atoms with Crippen molar-refractivity contribution in [2.24, 2.45) is 0 Å². The van der Waals surface area contributed by atoms with Crippen LogP contribution in [0.25, 0.3) is 11.0 Å². The first-order valence-corrected chi connectivity index (χ1v) is 3.35. The van der Waals surface area contributed by atoms with Gasteiger partial charge in [0.25, 0.3) is 0 Å². The Hall–Kier alpha value is -1.35. The van der Waals surface area contributed by atoms with E-state index in [-0.39, 0.29) is 6.61 Å². The van der Waals surface area contributed by atoms with Crippen molar-refractivity contribution in [3.63, 3.8) is 0 Å². The van der Waals surface area contributed by atoms with E-state index in [0.29, 0.717) is 5.58 Å². The van der Waals surface area contributed by atoms with Gasteiger partial charge in [0, 0.05) is 10.9 Å². The number of benzene rings is 1. The lowest BCUT2D eigenvalue weighted by molar-refractivity contribution is 0.280. The first-order valence-electron chi connectivity index (χ1n) is 3.35. The van der Waals surface area contributed by atoms with Crippen molar-refractivity contribution in [3.05, 3.63) is 30.0 Å². The van der Waals surface area contributed by atoms with Gasteiger partial charge in [0.2, 0.25) is 0 Å². The molecule has 0 spiro atoms. The second kappa shape index (κ2) is 2.36. The predicted molar refractivity (Wildman–Crippen MR) is 39.9 cm³/mol. The molecule has 1 heterocycles. The molecular formula is C8H7NO2. The SMILES string of the molecule is OCc1cccc2cnoc12. The van der Waals surface area contributed by atoms with Crippen LogP contribution in [0.1, 0.15) is 5.56 Å². The number of fused-ring (bicyclic) bond motifs is 1. The highest BCUT2D eigenvalue weighted by molar-refractivity contribution is 5.78. The first-order chi connectivity index (χ1) is 5.42. The van der Waals surface area contributed by atoms with E-state index < -0.39 is 0 Å². The van der Waals surface area contributed by atoms with Gasteiger partial charge in [0.05, 0.1) is 12.8 Å². The van der Waals surface area contributed by atoms with Gasteiger partial charge >= 0.3 is 0 Å². The molecule has 3 nitrogen and oxygen atoms in total. The summed E-state index contributed by atoms with van der Waals surface area (Å²) in [5, 5.41) is 13.4. The molecule has 0 aliphatic heterocycles. The monoisotopic (exact) mass is 149 g/mol. The molecule has 0 saturated heterocycles. The van der Waals surface area contributed by atoms with Gasteiger partial charge in [-0.2, -0.15) is 0 Å². The van der Waals surface area contributed by atoms with E-state index in [9.17, 15) is 0 Å². The second-order valence-corrected chi connectivity index (χ2v) is 2.32. The molecule has 0 atom stereocenters. The van der Waals surface area contributed by atoms with E-state index in [1.54, 1.807) is 6.20 Å². The summed E-state index contributed by atoms with van der Waals surface area (Å²) in [6.07, 6.45) is 1.63. The molecule has 0 amide bonds. The van der Waals surface area contributed by atoms with Crippen molar-refractivity contribution in [2.75, 3.05) is 0 Å². The van der Waals surface area contributed by atoms with E-state index >= 15 is 0 Å². The Kier molecular flexibility index (Phi) is 1.36. The molecule has 11 heavy (non-hydrogen) atoms. The number of para-hydroxylation sites is 1. The van der Waals surface area contributed by atoms with Gasteiger partial charge in [-0.05, 0) is 6.07 Å². The summed E-state index contributed by atoms with van der Waals surface area (Å²) in [6, 6.07) is 5.57. The van der Waals surface area contributed by atoms with Crippen LogP contribution < -0.4 is 0 Å². The summed E-state index contributed by atoms with van der Waals surface area (Å²) in [5.41, 5.74) is 1.45. The molecule has 0 bridgehead atoms. The largest absolute Gasteiger partial charge is 0.392 e. The highest BCUT2D eigenvalue weighted by Crippen LogP contribution is 2.17. The third kappa shape index (κ3) is 0.897. The number of nitrogens with zero attached hydrogens (tertiary/aromatic N) is 1. The van der Waals surface area contributed by atoms with Crippen LogP contribution in [0, 0.1) is 0 Å². The maximum Gasteiger partial charge on any atom is 0.172 e. The van der Waals surface area contributed by atoms with Crippen molar-refractivity contribution >= 4 is 11.0 Å². The second-order valence-electron chi connectivity index (χ2n) is 2.32. The van der Waals surface area contributed by atoms with E-state index in [4.69, 9.17) is 9.63 Å². The molecular weight excluding hydrogens is 142 g/mol. The Bertz CT molecular complexity index is 367. The van der Waals surface area contributed by atoms with Gasteiger partial charge in [-0.1, -0.05) is 17.3 Å². The quantitative estimate of drug-likeness (QED) is 0.665. The van der Waals surface area contributed by atoms with Gasteiger partial charge in [0.15, 0.2) is 5.58 Å². The molecule has 1 aromatic carbocycles. The summed E-state index contributed by atoms with van der Waals surface area (Å²) < 4.78 is 4.93. The highest BCUT2D eigenvalue weighted by Gasteiger charge is 2.02. The number of rotatable bonds is 1. The Balaban J connectivity index is 2.79. The number of aliphatic hydroxyl groups excluding tert-OH is 1. The van der Waals surface area contributed by atoms with Gasteiger partial charge in [-0.15, -0.1) is 0 Å². The Labute approximate surface area is 63.2 Å². The topological polar surface area (TPSA) is 46.3 Å². The van der Waals surface area contributed by atoms with Crippen LogP contribution in [-0.4, -0.2) is 10.3 Å². The summed E-state index contributed by atoms with van der Waals surface area (Å²) in [4.78, 5) is 0. The lowest BCUT2D eigenvalue weighted by atomic mass is 10.2. The van der Waals surface area contributed by atoms with E-state index in [0.717, 1.165) is 10.9 Å². The third-order valence-corrected chi connectivity index (χ3v) is 1.63. The van der Waals surface area contributed by atoms with E-state index in [1.807, 2.05) is 18.2 Å². The number of hydrogen-bond donors (Lipinski definition) is 1. The van der Waals surface area contributed by atoms with Crippen molar-refractivity contribution < 1.29 is 9.63 Å². The van der Waals surface area contributed by atoms with Crippen LogP contribution in [-0.2, 0) is 6.61 Å². The molecule has 2 aromatic rings. The third-order valence-electron chi connectivity index (χ3n) is 1.63. The van der Waals surface area contributed by atoms with Crippen molar-refractivity contribution in [1.82, 2.24) is 5.16 Å². The maximum atomic E-state index is 8.87. The zero-order valence-corrected chi connectivity index (χ0v) is 5.82. The molecule has 0 aliphatic carbocycles. The number of aliphatic hydroxyl groups is 1. The lowest BCUT2D eigenvalue weighted by Gasteiger charge is -1.93. The van der Waals surface area contributed by atoms with Crippen LogP contribution in [0.15, 0.2) is 28.9 Å². The molecule has 0 unspecified atom stereocenters. The Morgan fingerprint density at radius 1 is 1.45 bits per heavy atom. The number of hydrogen-bond acceptors (Lipinski definition) is 3. The molecule has 0 fully saturated rings. The van der Waals surface area contributed by atoms with Gasteiger partial charge in [-0.25, -0.2) is 0 Å². The fourth-order valence-electron chi connectivity index (χ4n) is 1.08. The van der Waals surface area contributed by atoms with Crippen LogP contribution >= 0.6 is 0 Å². The Morgan fingerprint density at radius 2 is 2.36 bits per heavy atom. The lowest BCUT2D eigenvalue weighted by Crippen LogP contribution is -1.81. The summed E-state index contributed by atoms with van der Waals surface area (Å²) in [7, 11) is 0. The van der Waals surface area contributed by atoms with Crippen molar-refractivity contribution in [1.29, 1.82) is 0 Å². The standard InChI is InChI=1S/C8H7NO2/c10-5-7-3-1-2-6-4-9-11-8(6)7/h1-4,10H,5H2. The average Bonchev–Trinajstić information content (AvgIpc) is 2.50. The molecule has 1 aromatic heterocycles. The predicted octanol–water partition coefficient (Wildman–Crippen LogP) is 1.32. The summed E-state index contributed by atoms with van der Waals surface area (Å²) in [6.45, 7) is -0.00741. The summed E-state index contributed by atoms with van der Waals surface area (Å²) >= 11 is 0. The van der Waals surface area contributed by atoms with E-state index in [1.165, 1.54) is 0 Å². The smallest absolute Gasteiger partial charge is 0.172 e. The van der Waals surface area contributed by atoms with Gasteiger partial charge < -0.3 is 9.63 Å². The van der Waals surface area contributed by atoms with Crippen LogP contribution in [0.3, 0.4) is 0 Å². The molecule has 56 valence electrons. The maximum absolute atomic E-state index is 8.87. The zero-order chi connectivity index (χ0) is 7.68. The molecule has 0 saturated carbocycles. The van der Waals surface area contributed by atoms with Crippen LogP contribution in [0.5, 0.6) is 0 Å². The van der Waals surface area contributed by atoms with Crippen molar-refractivity contribution in [2.45, 2.75) is 6.61 Å². The molecule has 0 radical (unpaired) electrons. The van der Waals surface area contributed by atoms with Gasteiger partial charge in [-0.3, -0.25) is 0 Å². The summed E-state index contributed by atoms with van der Waals surface area (Å²) in [5.74, 6) is 0. The van der Waals surface area contributed by atoms with E-state index in [2.05, 4.69) is 5.16 Å². The van der Waals surface area contributed by atoms with Gasteiger partial charge in [0.1, 0.15) is 0 Å². The Morgan fingerprint density at radius 3 is 3.18 bits per heavy atom. The number of aromatic nitrogens is 1. The first kappa shape index (κ1) is 6.37. The van der Waals surface area contributed by atoms with Crippen molar-refractivity contribution in [3.8, 4) is 0 Å². The van der Waals surface area contributed by atoms with Crippen LogP contribution in [0.4, 0.5) is 0 Å². The minimum Gasteiger partial charge on any atom is -0.392 e. The highest BCUT2D eigenvalue weighted by atomic mass is 16.5. The molecule has 3 heteroatoms. The minimum absolute atomic E-state index is 0.00741. The fraction of sp³-hybridized carbons (Fsp3) is 0.125. The molecule has 2 rings (SSSR count). The van der Waals surface area contributed by atoms with Crippen LogP contribution in [0.2, 0.25) is 0 Å². The molecule has 0 aliphatic rings. The normalized spacial score (nSPS) is 10.6. The molecule has 1 N–H and O–H groups in total. The zero-order valence-electron chi connectivity index (χ0n) is 5.82. The fourth-order valence-corrected chi connectivity index (χ4v) is 1.08.